The number of hydrogen-bond donors (Lipinski definition) is 2. The molecule has 1 rings (SSSR count). The van der Waals surface area contributed by atoms with Gasteiger partial charge < -0.3 is 15.0 Å². The Hall–Kier alpha value is -1.62. The van der Waals surface area contributed by atoms with E-state index in [1.165, 1.54) is 0 Å². The topological polar surface area (TPSA) is 54.1 Å². The molecule has 0 aromatic carbocycles. The predicted molar refractivity (Wildman–Crippen MR) is 69.3 cm³/mol. The van der Waals surface area contributed by atoms with Crippen molar-refractivity contribution >= 4 is 18.1 Å². The summed E-state index contributed by atoms with van der Waals surface area (Å²) in [5.41, 5.74) is 0.443. The lowest BCUT2D eigenvalue weighted by Gasteiger charge is -2.16. The molecule has 0 spiro atoms. The molecule has 1 aromatic rings. The SMILES string of the molecule is C=C(OCC)C(C)NC(=O)c1ccc[nH]c1=S. The number of H-pyrrole nitrogens is 1. The summed E-state index contributed by atoms with van der Waals surface area (Å²) in [7, 11) is 0. The molecule has 1 unspecified atom stereocenters. The summed E-state index contributed by atoms with van der Waals surface area (Å²) in [4.78, 5) is 14.7. The third-order valence-electron chi connectivity index (χ3n) is 2.22. The second kappa shape index (κ2) is 6.20. The van der Waals surface area contributed by atoms with Crippen LogP contribution in [-0.4, -0.2) is 23.5 Å². The van der Waals surface area contributed by atoms with Crippen LogP contribution in [0.1, 0.15) is 24.2 Å². The average molecular weight is 252 g/mol. The van der Waals surface area contributed by atoms with Crippen molar-refractivity contribution in [1.29, 1.82) is 0 Å². The Morgan fingerprint density at radius 1 is 1.71 bits per heavy atom. The van der Waals surface area contributed by atoms with Crippen LogP contribution in [0.25, 0.3) is 0 Å². The van der Waals surface area contributed by atoms with Gasteiger partial charge in [-0.05, 0) is 26.0 Å². The lowest BCUT2D eigenvalue weighted by Crippen LogP contribution is -2.34. The Labute approximate surface area is 106 Å². The van der Waals surface area contributed by atoms with Gasteiger partial charge in [0.05, 0.1) is 18.2 Å². The number of aromatic nitrogens is 1. The lowest BCUT2D eigenvalue weighted by molar-refractivity contribution is 0.0927. The average Bonchev–Trinajstić information content (AvgIpc) is 2.29. The van der Waals surface area contributed by atoms with E-state index >= 15 is 0 Å². The summed E-state index contributed by atoms with van der Waals surface area (Å²) in [6, 6.07) is 3.15. The monoisotopic (exact) mass is 252 g/mol. The summed E-state index contributed by atoms with van der Waals surface area (Å²) in [6.45, 7) is 7.95. The molecule has 0 aliphatic heterocycles. The molecule has 0 saturated heterocycles. The maximum Gasteiger partial charge on any atom is 0.254 e. The number of ether oxygens (including phenoxy) is 1. The zero-order chi connectivity index (χ0) is 12.8. The van der Waals surface area contributed by atoms with Crippen LogP contribution in [0.3, 0.4) is 0 Å². The second-order valence-electron chi connectivity index (χ2n) is 3.51. The Morgan fingerprint density at radius 2 is 2.41 bits per heavy atom. The molecular weight excluding hydrogens is 236 g/mol. The molecule has 17 heavy (non-hydrogen) atoms. The van der Waals surface area contributed by atoms with Gasteiger partial charge in [0, 0.05) is 6.20 Å². The molecule has 0 radical (unpaired) electrons. The number of nitrogens with one attached hydrogen (secondary N) is 2. The van der Waals surface area contributed by atoms with Crippen molar-refractivity contribution in [2.75, 3.05) is 6.61 Å². The quantitative estimate of drug-likeness (QED) is 0.625. The molecule has 1 heterocycles. The zero-order valence-corrected chi connectivity index (χ0v) is 10.8. The van der Waals surface area contributed by atoms with Gasteiger partial charge >= 0.3 is 0 Å². The first-order valence-corrected chi connectivity index (χ1v) is 5.77. The molecular formula is C12H16N2O2S. The summed E-state index contributed by atoms with van der Waals surface area (Å²) < 4.78 is 5.64. The molecule has 5 heteroatoms. The molecule has 4 nitrogen and oxygen atoms in total. The van der Waals surface area contributed by atoms with Crippen LogP contribution in [-0.2, 0) is 4.74 Å². The summed E-state index contributed by atoms with van der Waals surface area (Å²) in [6.07, 6.45) is 1.68. The van der Waals surface area contributed by atoms with E-state index in [1.54, 1.807) is 18.3 Å². The van der Waals surface area contributed by atoms with Crippen molar-refractivity contribution in [3.63, 3.8) is 0 Å². The Balaban J connectivity index is 2.70. The van der Waals surface area contributed by atoms with Gasteiger partial charge in [-0.15, -0.1) is 0 Å². The van der Waals surface area contributed by atoms with Crippen LogP contribution >= 0.6 is 12.2 Å². The van der Waals surface area contributed by atoms with Crippen molar-refractivity contribution in [1.82, 2.24) is 10.3 Å². The van der Waals surface area contributed by atoms with E-state index in [0.29, 0.717) is 22.6 Å². The van der Waals surface area contributed by atoms with E-state index in [1.807, 2.05) is 13.8 Å². The fraction of sp³-hybridized carbons (Fsp3) is 0.333. The van der Waals surface area contributed by atoms with E-state index in [9.17, 15) is 4.79 Å². The first-order chi connectivity index (χ1) is 8.06. The number of aromatic amines is 1. The van der Waals surface area contributed by atoms with Crippen LogP contribution in [0.4, 0.5) is 0 Å². The van der Waals surface area contributed by atoms with Gasteiger partial charge in [0.15, 0.2) is 0 Å². The number of amides is 1. The van der Waals surface area contributed by atoms with Gasteiger partial charge in [-0.3, -0.25) is 4.79 Å². The minimum atomic E-state index is -0.253. The Morgan fingerprint density at radius 3 is 3.00 bits per heavy atom. The molecule has 1 amide bonds. The van der Waals surface area contributed by atoms with Gasteiger partial charge in [0.1, 0.15) is 10.4 Å². The largest absolute Gasteiger partial charge is 0.497 e. The molecule has 0 aliphatic rings. The first kappa shape index (κ1) is 13.4. The highest BCUT2D eigenvalue weighted by Gasteiger charge is 2.13. The van der Waals surface area contributed by atoms with Crippen LogP contribution in [0.5, 0.6) is 0 Å². The minimum absolute atomic E-state index is 0.236. The van der Waals surface area contributed by atoms with Crippen LogP contribution < -0.4 is 5.32 Å². The maximum atomic E-state index is 11.9. The zero-order valence-electron chi connectivity index (χ0n) is 9.95. The van der Waals surface area contributed by atoms with Crippen molar-refractivity contribution in [2.45, 2.75) is 19.9 Å². The molecule has 2 N–H and O–H groups in total. The number of pyridine rings is 1. The summed E-state index contributed by atoms with van der Waals surface area (Å²) in [5, 5.41) is 2.77. The fourth-order valence-corrected chi connectivity index (χ4v) is 1.49. The van der Waals surface area contributed by atoms with Gasteiger partial charge in [0.25, 0.3) is 5.91 Å². The Kier molecular flexibility index (Phi) is 4.90. The van der Waals surface area contributed by atoms with Gasteiger partial charge in [-0.2, -0.15) is 0 Å². The van der Waals surface area contributed by atoms with E-state index in [4.69, 9.17) is 17.0 Å². The van der Waals surface area contributed by atoms with Gasteiger partial charge in [-0.25, -0.2) is 0 Å². The minimum Gasteiger partial charge on any atom is -0.497 e. The van der Waals surface area contributed by atoms with Gasteiger partial charge in [0.2, 0.25) is 0 Å². The summed E-state index contributed by atoms with van der Waals surface area (Å²) in [5.74, 6) is 0.298. The third kappa shape index (κ3) is 3.71. The molecule has 92 valence electrons. The molecule has 0 aliphatic carbocycles. The third-order valence-corrected chi connectivity index (χ3v) is 2.56. The van der Waals surface area contributed by atoms with E-state index in [2.05, 4.69) is 16.9 Å². The van der Waals surface area contributed by atoms with Crippen LogP contribution in [0.2, 0.25) is 0 Å². The predicted octanol–water partition coefficient (Wildman–Crippen LogP) is 2.41. The second-order valence-corrected chi connectivity index (χ2v) is 3.92. The number of carbonyl (C=O) groups excluding carboxylic acids is 1. The maximum absolute atomic E-state index is 11.9. The van der Waals surface area contributed by atoms with Crippen molar-refractivity contribution in [3.8, 4) is 0 Å². The Bertz CT molecular complexity index is 468. The van der Waals surface area contributed by atoms with E-state index < -0.39 is 0 Å². The highest BCUT2D eigenvalue weighted by atomic mass is 32.1. The highest BCUT2D eigenvalue weighted by molar-refractivity contribution is 7.71. The summed E-state index contributed by atoms with van der Waals surface area (Å²) >= 11 is 5.03. The fourth-order valence-electron chi connectivity index (χ4n) is 1.27. The van der Waals surface area contributed by atoms with Crippen LogP contribution in [0.15, 0.2) is 30.7 Å². The highest BCUT2D eigenvalue weighted by Crippen LogP contribution is 2.04. The van der Waals surface area contributed by atoms with E-state index in [0.717, 1.165) is 0 Å². The molecule has 1 atom stereocenters. The number of carbonyl (C=O) groups is 1. The molecule has 1 aromatic heterocycles. The van der Waals surface area contributed by atoms with Gasteiger partial charge in [-0.1, -0.05) is 18.8 Å². The molecule has 0 saturated carbocycles. The molecule has 0 fully saturated rings. The smallest absolute Gasteiger partial charge is 0.254 e. The van der Waals surface area contributed by atoms with Crippen LogP contribution in [0, 0.1) is 4.64 Å². The first-order valence-electron chi connectivity index (χ1n) is 5.36. The van der Waals surface area contributed by atoms with Crippen molar-refractivity contribution in [2.24, 2.45) is 0 Å². The lowest BCUT2D eigenvalue weighted by atomic mass is 10.2. The normalized spacial score (nSPS) is 11.6. The number of rotatable bonds is 5. The van der Waals surface area contributed by atoms with E-state index in [-0.39, 0.29) is 11.9 Å². The van der Waals surface area contributed by atoms with Crippen molar-refractivity contribution < 1.29 is 9.53 Å². The standard InChI is InChI=1S/C12H16N2O2S/c1-4-16-9(3)8(2)14-11(15)10-6-5-7-13-12(10)17/h5-8H,3-4H2,1-2H3,(H,13,17)(H,14,15). The van der Waals surface area contributed by atoms with Crippen molar-refractivity contribution in [3.05, 3.63) is 40.9 Å². The molecule has 0 bridgehead atoms. The number of hydrogen-bond acceptors (Lipinski definition) is 3.